The molecule has 3 rings (SSSR count). The Labute approximate surface area is 161 Å². The van der Waals surface area contributed by atoms with Crippen molar-refractivity contribution in [1.82, 2.24) is 5.16 Å². The largest absolute Gasteiger partial charge is 0.546 e. The van der Waals surface area contributed by atoms with Gasteiger partial charge in [-0.25, -0.2) is 4.39 Å². The van der Waals surface area contributed by atoms with Crippen LogP contribution in [0.2, 0.25) is 5.02 Å². The SMILES string of the molecule is O=C([O-])C(Oc1ccc2c(-c3ccccc3F)noc2c1Cl)C(=O)C(O)CO. The van der Waals surface area contributed by atoms with E-state index < -0.39 is 36.4 Å². The minimum atomic E-state index is -2.22. The molecule has 0 amide bonds. The van der Waals surface area contributed by atoms with Gasteiger partial charge in [0.05, 0.1) is 18.0 Å². The molecule has 0 aliphatic heterocycles. The number of carbonyl (C=O) groups excluding carboxylic acids is 2. The molecule has 0 saturated carbocycles. The number of halogens is 2. The fraction of sp³-hybridized carbons (Fsp3) is 0.167. The molecule has 2 N–H and O–H groups in total. The standard InChI is InChI=1S/C18H13ClFNO7/c19-13-12(27-17(18(25)26)15(24)11(23)7-22)6-5-9-14(21-28-16(9)13)8-3-1-2-4-10(8)20/h1-6,11,17,22-23H,7H2,(H,25,26)/p-1. The van der Waals surface area contributed by atoms with E-state index in [4.69, 9.17) is 26.0 Å². The number of hydrogen-bond acceptors (Lipinski definition) is 8. The summed E-state index contributed by atoms with van der Waals surface area (Å²) in [5.74, 6) is -4.05. The van der Waals surface area contributed by atoms with Crippen molar-refractivity contribution in [3.05, 3.63) is 47.2 Å². The molecule has 3 aromatic rings. The number of aliphatic carboxylic acids is 1. The van der Waals surface area contributed by atoms with Crippen LogP contribution in [-0.2, 0) is 9.59 Å². The highest BCUT2D eigenvalue weighted by atomic mass is 35.5. The predicted octanol–water partition coefficient (Wildman–Crippen LogP) is 0.707. The second kappa shape index (κ2) is 7.93. The molecular formula is C18H12ClFNO7-. The normalized spacial score (nSPS) is 13.3. The van der Waals surface area contributed by atoms with Gasteiger partial charge in [-0.05, 0) is 24.3 Å². The van der Waals surface area contributed by atoms with E-state index in [9.17, 15) is 24.2 Å². The summed E-state index contributed by atoms with van der Waals surface area (Å²) in [6.07, 6.45) is -4.19. The molecule has 1 aromatic heterocycles. The Morgan fingerprint density at radius 2 is 2.00 bits per heavy atom. The van der Waals surface area contributed by atoms with Crippen LogP contribution in [0.1, 0.15) is 0 Å². The third-order valence-corrected chi connectivity index (χ3v) is 4.25. The Kier molecular flexibility index (Phi) is 5.59. The Bertz CT molecular complexity index is 1050. The summed E-state index contributed by atoms with van der Waals surface area (Å²) in [7, 11) is 0. The summed E-state index contributed by atoms with van der Waals surface area (Å²) in [6, 6.07) is 8.50. The molecule has 0 radical (unpaired) electrons. The third-order valence-electron chi connectivity index (χ3n) is 3.89. The van der Waals surface area contributed by atoms with Crippen molar-refractivity contribution in [2.75, 3.05) is 6.61 Å². The fourth-order valence-electron chi connectivity index (χ4n) is 2.51. The number of aliphatic hydroxyl groups is 2. The molecular weight excluding hydrogens is 397 g/mol. The first-order chi connectivity index (χ1) is 13.3. The quantitative estimate of drug-likeness (QED) is 0.546. The number of aliphatic hydroxyl groups excluding tert-OH is 2. The molecule has 0 saturated heterocycles. The minimum Gasteiger partial charge on any atom is -0.546 e. The molecule has 0 aliphatic carbocycles. The number of fused-ring (bicyclic) bond motifs is 1. The van der Waals surface area contributed by atoms with E-state index in [1.165, 1.54) is 30.3 Å². The smallest absolute Gasteiger partial charge is 0.209 e. The lowest BCUT2D eigenvalue weighted by atomic mass is 10.1. The van der Waals surface area contributed by atoms with Gasteiger partial charge in [-0.2, -0.15) is 0 Å². The predicted molar refractivity (Wildman–Crippen MR) is 91.9 cm³/mol. The number of Topliss-reactive ketones (excluding diaryl/α,β-unsaturated/α-hetero) is 1. The number of aromatic nitrogens is 1. The van der Waals surface area contributed by atoms with Crippen LogP contribution < -0.4 is 9.84 Å². The number of carboxylic acid groups (broad SMARTS) is 1. The number of rotatable bonds is 7. The lowest BCUT2D eigenvalue weighted by Gasteiger charge is -2.21. The van der Waals surface area contributed by atoms with Crippen LogP contribution in [0.25, 0.3) is 22.2 Å². The van der Waals surface area contributed by atoms with Crippen molar-refractivity contribution < 1.29 is 38.6 Å². The van der Waals surface area contributed by atoms with Gasteiger partial charge >= 0.3 is 0 Å². The van der Waals surface area contributed by atoms with E-state index >= 15 is 0 Å². The molecule has 1 heterocycles. The average molecular weight is 409 g/mol. The highest BCUT2D eigenvalue weighted by Crippen LogP contribution is 2.38. The summed E-state index contributed by atoms with van der Waals surface area (Å²) < 4.78 is 24.2. The monoisotopic (exact) mass is 408 g/mol. The van der Waals surface area contributed by atoms with Gasteiger partial charge in [0.1, 0.15) is 28.4 Å². The molecule has 2 aromatic carbocycles. The first-order valence-corrected chi connectivity index (χ1v) is 8.26. The highest BCUT2D eigenvalue weighted by Gasteiger charge is 2.29. The lowest BCUT2D eigenvalue weighted by molar-refractivity contribution is -0.312. The highest BCUT2D eigenvalue weighted by molar-refractivity contribution is 6.36. The van der Waals surface area contributed by atoms with Gasteiger partial charge < -0.3 is 29.4 Å². The molecule has 8 nitrogen and oxygen atoms in total. The van der Waals surface area contributed by atoms with Crippen molar-refractivity contribution >= 4 is 34.3 Å². The molecule has 28 heavy (non-hydrogen) atoms. The number of carboxylic acids is 1. The summed E-state index contributed by atoms with van der Waals surface area (Å²) in [4.78, 5) is 23.0. The van der Waals surface area contributed by atoms with Crippen LogP contribution in [0.4, 0.5) is 4.39 Å². The van der Waals surface area contributed by atoms with Crippen LogP contribution >= 0.6 is 11.6 Å². The van der Waals surface area contributed by atoms with Crippen LogP contribution in [0.5, 0.6) is 5.75 Å². The first kappa shape index (κ1) is 19.7. The maximum atomic E-state index is 14.0. The average Bonchev–Trinajstić information content (AvgIpc) is 3.11. The van der Waals surface area contributed by atoms with Crippen molar-refractivity contribution in [2.45, 2.75) is 12.2 Å². The zero-order chi connectivity index (χ0) is 20.4. The number of carbonyl (C=O) groups is 2. The van der Waals surface area contributed by atoms with Crippen LogP contribution in [0.15, 0.2) is 40.9 Å². The number of ether oxygens (including phenoxy) is 1. The topological polar surface area (TPSA) is 133 Å². The van der Waals surface area contributed by atoms with Crippen molar-refractivity contribution in [1.29, 1.82) is 0 Å². The minimum absolute atomic E-state index is 0.0235. The zero-order valence-corrected chi connectivity index (χ0v) is 14.7. The Morgan fingerprint density at radius 3 is 2.64 bits per heavy atom. The number of nitrogens with zero attached hydrogens (tertiary/aromatic N) is 1. The molecule has 10 heteroatoms. The van der Waals surface area contributed by atoms with Crippen LogP contribution in [0, 0.1) is 5.82 Å². The van der Waals surface area contributed by atoms with Gasteiger partial charge in [0.15, 0.2) is 11.7 Å². The summed E-state index contributed by atoms with van der Waals surface area (Å²) in [5, 5.41) is 33.3. The molecule has 2 unspecified atom stereocenters. The van der Waals surface area contributed by atoms with E-state index in [0.717, 1.165) is 0 Å². The summed E-state index contributed by atoms with van der Waals surface area (Å²) in [6.45, 7) is -0.993. The molecule has 0 spiro atoms. The van der Waals surface area contributed by atoms with Gasteiger partial charge in [0.2, 0.25) is 5.78 Å². The van der Waals surface area contributed by atoms with Gasteiger partial charge in [0, 0.05) is 5.56 Å². The van der Waals surface area contributed by atoms with E-state index in [2.05, 4.69) is 5.16 Å². The first-order valence-electron chi connectivity index (χ1n) is 7.88. The van der Waals surface area contributed by atoms with Gasteiger partial charge in [-0.1, -0.05) is 28.9 Å². The van der Waals surface area contributed by atoms with E-state index in [-0.39, 0.29) is 27.6 Å². The second-order valence-corrected chi connectivity index (χ2v) is 6.06. The maximum Gasteiger partial charge on any atom is 0.209 e. The van der Waals surface area contributed by atoms with Crippen LogP contribution in [-0.4, -0.2) is 45.9 Å². The van der Waals surface area contributed by atoms with Crippen LogP contribution in [0.3, 0.4) is 0 Å². The van der Waals surface area contributed by atoms with E-state index in [1.54, 1.807) is 6.07 Å². The summed E-state index contributed by atoms with van der Waals surface area (Å²) >= 11 is 6.16. The maximum absolute atomic E-state index is 14.0. The molecule has 0 aliphatic rings. The Balaban J connectivity index is 2.00. The lowest BCUT2D eigenvalue weighted by Crippen LogP contribution is -2.49. The van der Waals surface area contributed by atoms with Crippen molar-refractivity contribution in [2.24, 2.45) is 0 Å². The number of ketones is 1. The number of hydrogen-bond donors (Lipinski definition) is 2. The zero-order valence-electron chi connectivity index (χ0n) is 14.0. The number of benzene rings is 2. The molecule has 2 atom stereocenters. The van der Waals surface area contributed by atoms with Crippen molar-refractivity contribution in [3.63, 3.8) is 0 Å². The summed E-state index contributed by atoms with van der Waals surface area (Å²) in [5.41, 5.74) is 0.314. The Morgan fingerprint density at radius 1 is 1.29 bits per heavy atom. The van der Waals surface area contributed by atoms with E-state index in [0.29, 0.717) is 5.39 Å². The van der Waals surface area contributed by atoms with E-state index in [1.807, 2.05) is 0 Å². The molecule has 0 fully saturated rings. The molecule has 146 valence electrons. The second-order valence-electron chi connectivity index (χ2n) is 5.68. The van der Waals surface area contributed by atoms with Crippen molar-refractivity contribution in [3.8, 4) is 17.0 Å². The van der Waals surface area contributed by atoms with Gasteiger partial charge in [-0.15, -0.1) is 0 Å². The van der Waals surface area contributed by atoms with Gasteiger partial charge in [0.25, 0.3) is 0 Å². The molecule has 0 bridgehead atoms. The fourth-order valence-corrected chi connectivity index (χ4v) is 2.75. The third kappa shape index (κ3) is 3.55. The van der Waals surface area contributed by atoms with Gasteiger partial charge in [-0.3, -0.25) is 4.79 Å². The Hall–Kier alpha value is -3.01.